The smallest absolute Gasteiger partial charge is 0.226 e. The minimum absolute atomic E-state index is 0.00529. The number of hydrogen-bond acceptors (Lipinski definition) is 2. The Morgan fingerprint density at radius 1 is 1.33 bits per heavy atom. The Morgan fingerprint density at radius 2 is 2.06 bits per heavy atom. The van der Waals surface area contributed by atoms with Gasteiger partial charge in [0.15, 0.2) is 0 Å². The van der Waals surface area contributed by atoms with Gasteiger partial charge in [-0.3, -0.25) is 4.79 Å². The highest BCUT2D eigenvalue weighted by Crippen LogP contribution is 2.16. The number of ether oxygens (including phenoxy) is 1. The molecule has 0 heterocycles. The van der Waals surface area contributed by atoms with E-state index in [1.54, 1.807) is 0 Å². The molecule has 0 unspecified atom stereocenters. The highest BCUT2D eigenvalue weighted by molar-refractivity contribution is 5.91. The lowest BCUT2D eigenvalue weighted by Crippen LogP contribution is -2.15. The summed E-state index contributed by atoms with van der Waals surface area (Å²) in [5, 5.41) is 2.91. The molecule has 0 radical (unpaired) electrons. The summed E-state index contributed by atoms with van der Waals surface area (Å²) >= 11 is 0. The predicted octanol–water partition coefficient (Wildman–Crippen LogP) is 3.30. The molecule has 18 heavy (non-hydrogen) atoms. The highest BCUT2D eigenvalue weighted by Gasteiger charge is 2.05. The molecule has 100 valence electrons. The van der Waals surface area contributed by atoms with E-state index in [2.05, 4.69) is 25.2 Å². The second-order valence-electron chi connectivity index (χ2n) is 5.09. The summed E-state index contributed by atoms with van der Waals surface area (Å²) in [4.78, 5) is 11.7. The highest BCUT2D eigenvalue weighted by atomic mass is 16.5. The van der Waals surface area contributed by atoms with Gasteiger partial charge in [-0.05, 0) is 31.4 Å². The zero-order chi connectivity index (χ0) is 13.5. The molecule has 1 aromatic carbocycles. The van der Waals surface area contributed by atoms with Crippen LogP contribution in [0.5, 0.6) is 0 Å². The lowest BCUT2D eigenvalue weighted by atomic mass is 10.1. The van der Waals surface area contributed by atoms with Crippen molar-refractivity contribution in [1.29, 1.82) is 0 Å². The van der Waals surface area contributed by atoms with Gasteiger partial charge in [-0.25, -0.2) is 0 Å². The fourth-order valence-electron chi connectivity index (χ4n) is 1.65. The maximum Gasteiger partial charge on any atom is 0.226 e. The van der Waals surface area contributed by atoms with Crippen molar-refractivity contribution in [2.75, 3.05) is 18.5 Å². The SMILES string of the molecule is Cc1ccc(NC(=O)CCOCC(C)C)c(C)c1. The Kier molecular flexibility index (Phi) is 5.86. The number of carbonyl (C=O) groups excluding carboxylic acids is 1. The van der Waals surface area contributed by atoms with Gasteiger partial charge >= 0.3 is 0 Å². The third-order valence-corrected chi connectivity index (χ3v) is 2.58. The normalized spacial score (nSPS) is 10.7. The summed E-state index contributed by atoms with van der Waals surface area (Å²) in [6.07, 6.45) is 0.403. The summed E-state index contributed by atoms with van der Waals surface area (Å²) in [6, 6.07) is 6.00. The summed E-state index contributed by atoms with van der Waals surface area (Å²) in [5.41, 5.74) is 3.17. The van der Waals surface area contributed by atoms with Crippen LogP contribution < -0.4 is 5.32 Å². The summed E-state index contributed by atoms with van der Waals surface area (Å²) in [7, 11) is 0. The molecule has 0 aliphatic carbocycles. The van der Waals surface area contributed by atoms with Gasteiger partial charge in [0.2, 0.25) is 5.91 Å². The number of amides is 1. The molecule has 0 saturated carbocycles. The average Bonchev–Trinajstić information content (AvgIpc) is 2.28. The Hall–Kier alpha value is -1.35. The Labute approximate surface area is 110 Å². The molecule has 0 spiro atoms. The molecule has 1 aromatic rings. The van der Waals surface area contributed by atoms with Crippen molar-refractivity contribution in [2.24, 2.45) is 5.92 Å². The fourth-order valence-corrected chi connectivity index (χ4v) is 1.65. The van der Waals surface area contributed by atoms with E-state index in [1.807, 2.05) is 26.0 Å². The van der Waals surface area contributed by atoms with Crippen molar-refractivity contribution < 1.29 is 9.53 Å². The van der Waals surface area contributed by atoms with Gasteiger partial charge in [-0.2, -0.15) is 0 Å². The first-order valence-electron chi connectivity index (χ1n) is 6.44. The summed E-state index contributed by atoms with van der Waals surface area (Å²) in [6.45, 7) is 9.41. The minimum Gasteiger partial charge on any atom is -0.381 e. The van der Waals surface area contributed by atoms with E-state index in [9.17, 15) is 4.79 Å². The second kappa shape index (κ2) is 7.17. The van der Waals surface area contributed by atoms with E-state index < -0.39 is 0 Å². The van der Waals surface area contributed by atoms with Crippen LogP contribution in [0.15, 0.2) is 18.2 Å². The van der Waals surface area contributed by atoms with Crippen molar-refractivity contribution >= 4 is 11.6 Å². The number of hydrogen-bond donors (Lipinski definition) is 1. The quantitative estimate of drug-likeness (QED) is 0.785. The molecular weight excluding hydrogens is 226 g/mol. The van der Waals surface area contributed by atoms with Crippen LogP contribution in [-0.4, -0.2) is 19.1 Å². The van der Waals surface area contributed by atoms with Crippen LogP contribution >= 0.6 is 0 Å². The first kappa shape index (κ1) is 14.7. The van der Waals surface area contributed by atoms with Crippen LogP contribution in [0.25, 0.3) is 0 Å². The topological polar surface area (TPSA) is 38.3 Å². The molecule has 3 heteroatoms. The Bertz CT molecular complexity index is 399. The van der Waals surface area contributed by atoms with Crippen LogP contribution in [0.1, 0.15) is 31.4 Å². The summed E-state index contributed by atoms with van der Waals surface area (Å²) in [5.74, 6) is 0.512. The van der Waals surface area contributed by atoms with Gasteiger partial charge in [0.1, 0.15) is 0 Å². The molecule has 1 amide bonds. The van der Waals surface area contributed by atoms with Crippen LogP contribution in [-0.2, 0) is 9.53 Å². The third kappa shape index (κ3) is 5.32. The zero-order valence-electron chi connectivity index (χ0n) is 11.7. The van der Waals surface area contributed by atoms with E-state index in [0.29, 0.717) is 25.6 Å². The van der Waals surface area contributed by atoms with Crippen molar-refractivity contribution in [2.45, 2.75) is 34.1 Å². The lowest BCUT2D eigenvalue weighted by Gasteiger charge is -2.10. The van der Waals surface area contributed by atoms with Crippen LogP contribution in [0.2, 0.25) is 0 Å². The molecule has 1 N–H and O–H groups in total. The van der Waals surface area contributed by atoms with Crippen LogP contribution in [0.3, 0.4) is 0 Å². The van der Waals surface area contributed by atoms with Crippen LogP contribution in [0, 0.1) is 19.8 Å². The molecule has 0 atom stereocenters. The third-order valence-electron chi connectivity index (χ3n) is 2.58. The average molecular weight is 249 g/mol. The van der Waals surface area contributed by atoms with Crippen molar-refractivity contribution in [3.63, 3.8) is 0 Å². The molecule has 0 aliphatic rings. The predicted molar refractivity (Wildman–Crippen MR) is 74.8 cm³/mol. The number of rotatable bonds is 6. The second-order valence-corrected chi connectivity index (χ2v) is 5.09. The zero-order valence-corrected chi connectivity index (χ0v) is 11.7. The van der Waals surface area contributed by atoms with Crippen molar-refractivity contribution in [3.8, 4) is 0 Å². The number of benzene rings is 1. The Morgan fingerprint density at radius 3 is 2.67 bits per heavy atom. The molecular formula is C15H23NO2. The molecule has 0 bridgehead atoms. The van der Waals surface area contributed by atoms with Gasteiger partial charge in [0.05, 0.1) is 13.0 Å². The molecule has 0 saturated heterocycles. The lowest BCUT2D eigenvalue weighted by molar-refractivity contribution is -0.117. The molecule has 0 aliphatic heterocycles. The molecule has 1 rings (SSSR count). The van der Waals surface area contributed by atoms with Gasteiger partial charge in [-0.1, -0.05) is 31.5 Å². The number of nitrogens with one attached hydrogen (secondary N) is 1. The van der Waals surface area contributed by atoms with Gasteiger partial charge < -0.3 is 10.1 Å². The largest absolute Gasteiger partial charge is 0.381 e. The van der Waals surface area contributed by atoms with Crippen LogP contribution in [0.4, 0.5) is 5.69 Å². The first-order chi connectivity index (χ1) is 8.49. The molecule has 3 nitrogen and oxygen atoms in total. The number of carbonyl (C=O) groups is 1. The minimum atomic E-state index is 0.00529. The Balaban J connectivity index is 2.35. The van der Waals surface area contributed by atoms with E-state index in [1.165, 1.54) is 5.56 Å². The number of aryl methyl sites for hydroxylation is 2. The number of anilines is 1. The maximum absolute atomic E-state index is 11.7. The van der Waals surface area contributed by atoms with E-state index in [0.717, 1.165) is 11.3 Å². The summed E-state index contributed by atoms with van der Waals surface area (Å²) < 4.78 is 5.39. The monoisotopic (exact) mass is 249 g/mol. The van der Waals surface area contributed by atoms with E-state index in [-0.39, 0.29) is 5.91 Å². The maximum atomic E-state index is 11.7. The fraction of sp³-hybridized carbons (Fsp3) is 0.533. The van der Waals surface area contributed by atoms with E-state index >= 15 is 0 Å². The van der Waals surface area contributed by atoms with E-state index in [4.69, 9.17) is 4.74 Å². The van der Waals surface area contributed by atoms with Crippen molar-refractivity contribution in [1.82, 2.24) is 0 Å². The van der Waals surface area contributed by atoms with Crippen molar-refractivity contribution in [3.05, 3.63) is 29.3 Å². The van der Waals surface area contributed by atoms with Gasteiger partial charge in [-0.15, -0.1) is 0 Å². The standard InChI is InChI=1S/C15H23NO2/c1-11(2)10-18-8-7-15(17)16-14-6-5-12(3)9-13(14)4/h5-6,9,11H,7-8,10H2,1-4H3,(H,16,17). The van der Waals surface area contributed by atoms with Gasteiger partial charge in [0, 0.05) is 12.3 Å². The van der Waals surface area contributed by atoms with Gasteiger partial charge in [0.25, 0.3) is 0 Å². The first-order valence-corrected chi connectivity index (χ1v) is 6.44. The molecule has 0 fully saturated rings. The molecule has 0 aromatic heterocycles.